The average Bonchev–Trinajstić information content (AvgIpc) is 2.81. The lowest BCUT2D eigenvalue weighted by Crippen LogP contribution is -2.28. The Morgan fingerprint density at radius 1 is 1.53 bits per heavy atom. The Bertz CT molecular complexity index is 397. The van der Waals surface area contributed by atoms with E-state index in [1.807, 2.05) is 19.1 Å². The second-order valence-corrected chi connectivity index (χ2v) is 4.67. The molecule has 1 aromatic carbocycles. The standard InChI is InChI=1S/C14H19NO2/c1-11-8-13(6-5-12(11)10-16)15(2)9-14-4-3-7-17-14/h5-6,8,10,14H,3-4,7,9H2,1-2H3. The van der Waals surface area contributed by atoms with Crippen molar-refractivity contribution in [2.45, 2.75) is 25.9 Å². The number of nitrogens with zero attached hydrogens (tertiary/aromatic N) is 1. The van der Waals surface area contributed by atoms with Crippen LogP contribution in [-0.4, -0.2) is 32.6 Å². The number of rotatable bonds is 4. The zero-order valence-corrected chi connectivity index (χ0v) is 10.5. The molecule has 1 aliphatic rings. The molecule has 2 rings (SSSR count). The Kier molecular flexibility index (Phi) is 3.79. The van der Waals surface area contributed by atoms with E-state index in [0.717, 1.165) is 42.7 Å². The summed E-state index contributed by atoms with van der Waals surface area (Å²) in [6.07, 6.45) is 3.57. The number of carbonyl (C=O) groups is 1. The molecule has 1 unspecified atom stereocenters. The lowest BCUT2D eigenvalue weighted by molar-refractivity contribution is 0.112. The number of benzene rings is 1. The first kappa shape index (κ1) is 12.1. The molecule has 3 nitrogen and oxygen atoms in total. The summed E-state index contributed by atoms with van der Waals surface area (Å²) >= 11 is 0. The van der Waals surface area contributed by atoms with Crippen molar-refractivity contribution in [3.8, 4) is 0 Å². The van der Waals surface area contributed by atoms with E-state index < -0.39 is 0 Å². The van der Waals surface area contributed by atoms with E-state index in [1.165, 1.54) is 6.42 Å². The molecule has 1 aliphatic heterocycles. The number of hydrogen-bond donors (Lipinski definition) is 0. The maximum Gasteiger partial charge on any atom is 0.150 e. The van der Waals surface area contributed by atoms with Gasteiger partial charge in [-0.3, -0.25) is 4.79 Å². The molecule has 0 N–H and O–H groups in total. The second-order valence-electron chi connectivity index (χ2n) is 4.67. The van der Waals surface area contributed by atoms with Gasteiger partial charge in [-0.2, -0.15) is 0 Å². The first-order valence-electron chi connectivity index (χ1n) is 6.09. The summed E-state index contributed by atoms with van der Waals surface area (Å²) in [4.78, 5) is 12.9. The van der Waals surface area contributed by atoms with Gasteiger partial charge in [-0.25, -0.2) is 0 Å². The highest BCUT2D eigenvalue weighted by Crippen LogP contribution is 2.20. The van der Waals surface area contributed by atoms with Crippen molar-refractivity contribution >= 4 is 12.0 Å². The molecule has 1 heterocycles. The summed E-state index contributed by atoms with van der Waals surface area (Å²) in [7, 11) is 2.07. The van der Waals surface area contributed by atoms with Gasteiger partial charge in [-0.15, -0.1) is 0 Å². The normalized spacial score (nSPS) is 19.3. The minimum absolute atomic E-state index is 0.353. The zero-order valence-electron chi connectivity index (χ0n) is 10.5. The molecule has 1 atom stereocenters. The highest BCUT2D eigenvalue weighted by molar-refractivity contribution is 5.78. The number of aryl methyl sites for hydroxylation is 1. The van der Waals surface area contributed by atoms with E-state index in [1.54, 1.807) is 0 Å². The highest BCUT2D eigenvalue weighted by atomic mass is 16.5. The maximum atomic E-state index is 10.8. The van der Waals surface area contributed by atoms with Crippen LogP contribution in [0.15, 0.2) is 18.2 Å². The van der Waals surface area contributed by atoms with Crippen LogP contribution >= 0.6 is 0 Å². The van der Waals surface area contributed by atoms with Gasteiger partial charge in [0, 0.05) is 31.5 Å². The molecule has 1 fully saturated rings. The Morgan fingerprint density at radius 2 is 2.35 bits per heavy atom. The quantitative estimate of drug-likeness (QED) is 0.748. The van der Waals surface area contributed by atoms with Gasteiger partial charge < -0.3 is 9.64 Å². The minimum Gasteiger partial charge on any atom is -0.376 e. The molecule has 1 aromatic rings. The predicted octanol–water partition coefficient (Wildman–Crippen LogP) is 2.42. The van der Waals surface area contributed by atoms with Crippen LogP contribution in [0.25, 0.3) is 0 Å². The molecular weight excluding hydrogens is 214 g/mol. The van der Waals surface area contributed by atoms with Crippen molar-refractivity contribution in [1.29, 1.82) is 0 Å². The molecule has 0 aromatic heterocycles. The van der Waals surface area contributed by atoms with E-state index in [-0.39, 0.29) is 0 Å². The fourth-order valence-electron chi connectivity index (χ4n) is 2.23. The van der Waals surface area contributed by atoms with Crippen LogP contribution in [0.5, 0.6) is 0 Å². The highest BCUT2D eigenvalue weighted by Gasteiger charge is 2.17. The predicted molar refractivity (Wildman–Crippen MR) is 68.8 cm³/mol. The molecule has 0 radical (unpaired) electrons. The van der Waals surface area contributed by atoms with Gasteiger partial charge in [0.15, 0.2) is 0 Å². The van der Waals surface area contributed by atoms with Gasteiger partial charge in [0.25, 0.3) is 0 Å². The van der Waals surface area contributed by atoms with Crippen molar-refractivity contribution in [3.05, 3.63) is 29.3 Å². The van der Waals surface area contributed by atoms with Crippen LogP contribution in [0, 0.1) is 6.92 Å². The average molecular weight is 233 g/mol. The summed E-state index contributed by atoms with van der Waals surface area (Å²) in [5, 5.41) is 0. The van der Waals surface area contributed by atoms with E-state index >= 15 is 0 Å². The first-order valence-corrected chi connectivity index (χ1v) is 6.09. The molecule has 3 heteroatoms. The van der Waals surface area contributed by atoms with E-state index in [9.17, 15) is 4.79 Å². The fourth-order valence-corrected chi connectivity index (χ4v) is 2.23. The summed E-state index contributed by atoms with van der Waals surface area (Å²) in [5.41, 5.74) is 2.93. The van der Waals surface area contributed by atoms with Crippen LogP contribution in [0.1, 0.15) is 28.8 Å². The van der Waals surface area contributed by atoms with E-state index in [2.05, 4.69) is 18.0 Å². The van der Waals surface area contributed by atoms with Gasteiger partial charge in [0.05, 0.1) is 6.10 Å². The molecule has 0 amide bonds. The van der Waals surface area contributed by atoms with Crippen LogP contribution < -0.4 is 4.90 Å². The van der Waals surface area contributed by atoms with Crippen molar-refractivity contribution < 1.29 is 9.53 Å². The Labute approximate surface area is 102 Å². The van der Waals surface area contributed by atoms with Crippen LogP contribution in [0.2, 0.25) is 0 Å². The molecule has 17 heavy (non-hydrogen) atoms. The van der Waals surface area contributed by atoms with E-state index in [0.29, 0.717) is 6.10 Å². The zero-order chi connectivity index (χ0) is 12.3. The smallest absolute Gasteiger partial charge is 0.150 e. The molecule has 0 aliphatic carbocycles. The van der Waals surface area contributed by atoms with Crippen molar-refractivity contribution in [1.82, 2.24) is 0 Å². The number of anilines is 1. The molecule has 0 bridgehead atoms. The third kappa shape index (κ3) is 2.86. The Balaban J connectivity index is 2.05. The minimum atomic E-state index is 0.353. The number of likely N-dealkylation sites (N-methyl/N-ethyl adjacent to an activating group) is 1. The number of carbonyl (C=O) groups excluding carboxylic acids is 1. The van der Waals surface area contributed by atoms with E-state index in [4.69, 9.17) is 4.74 Å². The van der Waals surface area contributed by atoms with Crippen LogP contribution in [0.3, 0.4) is 0 Å². The largest absolute Gasteiger partial charge is 0.376 e. The lowest BCUT2D eigenvalue weighted by Gasteiger charge is -2.23. The van der Waals surface area contributed by atoms with Crippen molar-refractivity contribution in [3.63, 3.8) is 0 Å². The van der Waals surface area contributed by atoms with Gasteiger partial charge in [-0.1, -0.05) is 0 Å². The molecule has 92 valence electrons. The number of hydrogen-bond acceptors (Lipinski definition) is 3. The number of aldehydes is 1. The van der Waals surface area contributed by atoms with Crippen molar-refractivity contribution in [2.24, 2.45) is 0 Å². The van der Waals surface area contributed by atoms with Crippen LogP contribution in [0.4, 0.5) is 5.69 Å². The second kappa shape index (κ2) is 5.32. The van der Waals surface area contributed by atoms with Gasteiger partial charge >= 0.3 is 0 Å². The summed E-state index contributed by atoms with van der Waals surface area (Å²) in [6, 6.07) is 5.92. The summed E-state index contributed by atoms with van der Waals surface area (Å²) in [5.74, 6) is 0. The summed E-state index contributed by atoms with van der Waals surface area (Å²) in [6.45, 7) is 3.77. The Hall–Kier alpha value is -1.35. The molecule has 1 saturated heterocycles. The maximum absolute atomic E-state index is 10.8. The molecule has 0 saturated carbocycles. The summed E-state index contributed by atoms with van der Waals surface area (Å²) < 4.78 is 5.62. The van der Waals surface area contributed by atoms with Crippen LogP contribution in [-0.2, 0) is 4.74 Å². The third-order valence-corrected chi connectivity index (χ3v) is 3.32. The van der Waals surface area contributed by atoms with Gasteiger partial charge in [0.1, 0.15) is 6.29 Å². The first-order chi connectivity index (χ1) is 8.20. The van der Waals surface area contributed by atoms with Crippen molar-refractivity contribution in [2.75, 3.05) is 25.1 Å². The SMILES string of the molecule is Cc1cc(N(C)CC2CCCO2)ccc1C=O. The fraction of sp³-hybridized carbons (Fsp3) is 0.500. The van der Waals surface area contributed by atoms with Gasteiger partial charge in [0.2, 0.25) is 0 Å². The topological polar surface area (TPSA) is 29.5 Å². The number of ether oxygens (including phenoxy) is 1. The molecule has 0 spiro atoms. The molecular formula is C14H19NO2. The Morgan fingerprint density at radius 3 is 2.94 bits per heavy atom. The lowest BCUT2D eigenvalue weighted by atomic mass is 10.1. The third-order valence-electron chi connectivity index (χ3n) is 3.32. The van der Waals surface area contributed by atoms with Gasteiger partial charge in [-0.05, 0) is 43.5 Å². The monoisotopic (exact) mass is 233 g/mol.